The Morgan fingerprint density at radius 2 is 1.87 bits per heavy atom. The molecule has 0 aliphatic rings. The number of hydrogen-bond donors (Lipinski definition) is 2. The molecule has 4 rings (SSSR count). The molecule has 0 radical (unpaired) electrons. The van der Waals surface area contributed by atoms with Gasteiger partial charge in [-0.25, -0.2) is 4.98 Å². The molecule has 0 fully saturated rings. The number of benzene rings is 2. The minimum absolute atomic E-state index is 0.0950. The molecular formula is C23H21N3O2S2. The number of thiophene rings is 1. The summed E-state index contributed by atoms with van der Waals surface area (Å²) in [4.78, 5) is 17.3. The highest BCUT2D eigenvalue weighted by Gasteiger charge is 2.15. The van der Waals surface area contributed by atoms with Crippen molar-refractivity contribution in [3.63, 3.8) is 0 Å². The Hall–Kier alpha value is -3.03. The second kappa shape index (κ2) is 8.01. The van der Waals surface area contributed by atoms with Crippen LogP contribution in [0.4, 0.5) is 5.69 Å². The van der Waals surface area contributed by atoms with Gasteiger partial charge in [0, 0.05) is 11.3 Å². The van der Waals surface area contributed by atoms with Crippen LogP contribution in [0.25, 0.3) is 22.6 Å². The summed E-state index contributed by atoms with van der Waals surface area (Å²) in [6.07, 6.45) is 0. The summed E-state index contributed by atoms with van der Waals surface area (Å²) in [7, 11) is 0. The molecule has 4 aromatic rings. The highest BCUT2D eigenvalue weighted by Crippen LogP contribution is 2.29. The van der Waals surface area contributed by atoms with E-state index >= 15 is 0 Å². The molecule has 2 aromatic heterocycles. The van der Waals surface area contributed by atoms with E-state index in [1.54, 1.807) is 6.07 Å². The van der Waals surface area contributed by atoms with Gasteiger partial charge >= 0.3 is 0 Å². The van der Waals surface area contributed by atoms with Crippen LogP contribution in [0.1, 0.15) is 36.0 Å². The topological polar surface area (TPSA) is 67.2 Å². The number of rotatable bonds is 3. The van der Waals surface area contributed by atoms with Crippen LogP contribution in [0.3, 0.4) is 0 Å². The Kier molecular flexibility index (Phi) is 5.40. The molecule has 1 amide bonds. The molecule has 0 aliphatic heterocycles. The normalized spacial score (nSPS) is 11.4. The van der Waals surface area contributed by atoms with Crippen molar-refractivity contribution in [1.29, 1.82) is 0 Å². The summed E-state index contributed by atoms with van der Waals surface area (Å²) in [6, 6.07) is 17.3. The Bertz CT molecular complexity index is 1200. The minimum Gasteiger partial charge on any atom is -0.436 e. The average Bonchev–Trinajstić information content (AvgIpc) is 3.37. The van der Waals surface area contributed by atoms with Gasteiger partial charge < -0.3 is 9.73 Å². The van der Waals surface area contributed by atoms with Crippen molar-refractivity contribution in [2.24, 2.45) is 0 Å². The van der Waals surface area contributed by atoms with Crippen molar-refractivity contribution in [2.45, 2.75) is 26.2 Å². The molecule has 0 saturated carbocycles. The number of hydrogen-bond acceptors (Lipinski definition) is 5. The third-order valence-electron chi connectivity index (χ3n) is 4.62. The van der Waals surface area contributed by atoms with Crippen LogP contribution in [0, 0.1) is 0 Å². The molecule has 2 heterocycles. The third kappa shape index (κ3) is 4.42. The first kappa shape index (κ1) is 20.3. The predicted octanol–water partition coefficient (Wildman–Crippen LogP) is 5.98. The van der Waals surface area contributed by atoms with E-state index in [0.717, 1.165) is 11.3 Å². The lowest BCUT2D eigenvalue weighted by Gasteiger charge is -2.18. The fraction of sp³-hybridized carbons (Fsp3) is 0.174. The standard InChI is InChI=1S/C23H21N3O2S2/c1-23(2,3)15-8-6-14(7-9-15)21-25-17-13-16(10-11-18(17)28-21)24-22(29)26-20(27)19-5-4-12-30-19/h4-13H,1-3H3,(H2,24,26,27,29). The molecule has 0 atom stereocenters. The highest BCUT2D eigenvalue weighted by molar-refractivity contribution is 7.80. The van der Waals surface area contributed by atoms with Crippen molar-refractivity contribution in [1.82, 2.24) is 10.3 Å². The Labute approximate surface area is 184 Å². The zero-order chi connectivity index (χ0) is 21.3. The number of amides is 1. The Morgan fingerprint density at radius 1 is 1.10 bits per heavy atom. The summed E-state index contributed by atoms with van der Waals surface area (Å²) >= 11 is 6.61. The van der Waals surface area contributed by atoms with Gasteiger partial charge in [0.15, 0.2) is 10.7 Å². The molecule has 30 heavy (non-hydrogen) atoms. The van der Waals surface area contributed by atoms with E-state index in [2.05, 4.69) is 48.5 Å². The third-order valence-corrected chi connectivity index (χ3v) is 5.69. The van der Waals surface area contributed by atoms with Gasteiger partial charge in [-0.3, -0.25) is 10.1 Å². The van der Waals surface area contributed by atoms with Crippen LogP contribution in [0.15, 0.2) is 64.4 Å². The number of carbonyl (C=O) groups is 1. The van der Waals surface area contributed by atoms with Crippen LogP contribution in [-0.2, 0) is 5.41 Å². The van der Waals surface area contributed by atoms with E-state index < -0.39 is 0 Å². The zero-order valence-corrected chi connectivity index (χ0v) is 18.5. The van der Waals surface area contributed by atoms with E-state index in [9.17, 15) is 4.79 Å². The predicted molar refractivity (Wildman–Crippen MR) is 126 cm³/mol. The molecule has 2 aromatic carbocycles. The van der Waals surface area contributed by atoms with E-state index in [4.69, 9.17) is 16.6 Å². The van der Waals surface area contributed by atoms with E-state index in [1.165, 1.54) is 16.9 Å². The Balaban J connectivity index is 1.50. The van der Waals surface area contributed by atoms with Crippen molar-refractivity contribution in [2.75, 3.05) is 5.32 Å². The lowest BCUT2D eigenvalue weighted by atomic mass is 9.87. The largest absolute Gasteiger partial charge is 0.436 e. The van der Waals surface area contributed by atoms with Gasteiger partial charge in [0.05, 0.1) is 4.88 Å². The number of nitrogens with zero attached hydrogens (tertiary/aromatic N) is 1. The maximum atomic E-state index is 12.1. The van der Waals surface area contributed by atoms with Gasteiger partial charge in [-0.05, 0) is 65.0 Å². The second-order valence-corrected chi connectivity index (χ2v) is 9.27. The van der Waals surface area contributed by atoms with Crippen molar-refractivity contribution in [3.8, 4) is 11.5 Å². The molecule has 0 saturated heterocycles. The molecule has 0 aliphatic carbocycles. The van der Waals surface area contributed by atoms with Crippen LogP contribution in [-0.4, -0.2) is 16.0 Å². The first-order valence-electron chi connectivity index (χ1n) is 9.47. The quantitative estimate of drug-likeness (QED) is 0.388. The average molecular weight is 436 g/mol. The molecule has 0 bridgehead atoms. The number of nitrogens with one attached hydrogen (secondary N) is 2. The summed E-state index contributed by atoms with van der Waals surface area (Å²) in [6.45, 7) is 6.55. The number of thiocarbonyl (C=S) groups is 1. The van der Waals surface area contributed by atoms with Gasteiger partial charge in [-0.15, -0.1) is 11.3 Å². The second-order valence-electron chi connectivity index (χ2n) is 7.91. The molecule has 2 N–H and O–H groups in total. The fourth-order valence-electron chi connectivity index (χ4n) is 2.98. The Morgan fingerprint density at radius 3 is 2.53 bits per heavy atom. The van der Waals surface area contributed by atoms with Gasteiger partial charge in [0.1, 0.15) is 5.52 Å². The van der Waals surface area contributed by atoms with Crippen LogP contribution >= 0.6 is 23.6 Å². The molecule has 152 valence electrons. The van der Waals surface area contributed by atoms with E-state index in [-0.39, 0.29) is 16.4 Å². The van der Waals surface area contributed by atoms with E-state index in [1.807, 2.05) is 41.8 Å². The zero-order valence-electron chi connectivity index (χ0n) is 16.9. The van der Waals surface area contributed by atoms with Gasteiger partial charge in [-0.2, -0.15) is 0 Å². The summed E-state index contributed by atoms with van der Waals surface area (Å²) < 4.78 is 5.91. The van der Waals surface area contributed by atoms with E-state index in [0.29, 0.717) is 21.9 Å². The summed E-state index contributed by atoms with van der Waals surface area (Å²) in [5.41, 5.74) is 4.39. The van der Waals surface area contributed by atoms with Crippen LogP contribution in [0.2, 0.25) is 0 Å². The monoisotopic (exact) mass is 435 g/mol. The first-order chi connectivity index (χ1) is 14.3. The van der Waals surface area contributed by atoms with Gasteiger partial charge in [-0.1, -0.05) is 39.0 Å². The number of anilines is 1. The first-order valence-corrected chi connectivity index (χ1v) is 10.8. The van der Waals surface area contributed by atoms with Crippen LogP contribution in [0.5, 0.6) is 0 Å². The molecule has 7 heteroatoms. The number of oxazole rings is 1. The SMILES string of the molecule is CC(C)(C)c1ccc(-c2nc3cc(NC(=S)NC(=O)c4cccs4)ccc3o2)cc1. The lowest BCUT2D eigenvalue weighted by molar-refractivity contribution is 0.0981. The maximum Gasteiger partial charge on any atom is 0.267 e. The molecular weight excluding hydrogens is 414 g/mol. The smallest absolute Gasteiger partial charge is 0.267 e. The molecule has 5 nitrogen and oxygen atoms in total. The van der Waals surface area contributed by atoms with Gasteiger partial charge in [0.2, 0.25) is 5.89 Å². The molecule has 0 spiro atoms. The fourth-order valence-corrected chi connectivity index (χ4v) is 3.81. The highest BCUT2D eigenvalue weighted by atomic mass is 32.1. The number of carbonyl (C=O) groups excluding carboxylic acids is 1. The summed E-state index contributed by atoms with van der Waals surface area (Å²) in [5, 5.41) is 7.77. The maximum absolute atomic E-state index is 12.1. The van der Waals surface area contributed by atoms with Gasteiger partial charge in [0.25, 0.3) is 5.91 Å². The molecule has 0 unspecified atom stereocenters. The summed E-state index contributed by atoms with van der Waals surface area (Å²) in [5.74, 6) is 0.335. The van der Waals surface area contributed by atoms with Crippen LogP contribution < -0.4 is 10.6 Å². The lowest BCUT2D eigenvalue weighted by Crippen LogP contribution is -2.33. The minimum atomic E-state index is -0.231. The van der Waals surface area contributed by atoms with Crippen molar-refractivity contribution < 1.29 is 9.21 Å². The number of aromatic nitrogens is 1. The number of fused-ring (bicyclic) bond motifs is 1. The van der Waals surface area contributed by atoms with Crippen molar-refractivity contribution in [3.05, 3.63) is 70.4 Å². The van der Waals surface area contributed by atoms with Crippen molar-refractivity contribution >= 4 is 51.4 Å².